The topological polar surface area (TPSA) is 17.0 Å². The summed E-state index contributed by atoms with van der Waals surface area (Å²) in [5.41, 5.74) is 11.7. The number of para-hydroxylation sites is 2. The molecule has 0 radical (unpaired) electrons. The molecule has 1 N–H and O–H groups in total. The monoisotopic (exact) mass is 592 g/mol. The molecule has 0 aliphatic rings. The molecule has 0 atom stereocenters. The minimum absolute atomic E-state index is 1.06. The van der Waals surface area contributed by atoms with Crippen molar-refractivity contribution in [1.29, 1.82) is 0 Å². The molecule has 0 aliphatic carbocycles. The van der Waals surface area contributed by atoms with Gasteiger partial charge in [-0.25, -0.2) is 0 Å². The van der Waals surface area contributed by atoms with E-state index in [-0.39, 0.29) is 0 Å². The fourth-order valence-electron chi connectivity index (χ4n) is 6.33. The predicted molar refractivity (Wildman–Crippen MR) is 197 cm³/mol. The zero-order valence-corrected chi connectivity index (χ0v) is 26.2. The number of benzene rings is 6. The number of nitrogens with zero attached hydrogens (tertiary/aromatic N) is 1. The van der Waals surface area contributed by atoms with E-state index in [1.165, 1.54) is 49.5 Å². The normalized spacial score (nSPS) is 12.5. The first-order valence-electron chi connectivity index (χ1n) is 15.8. The number of allylic oxidation sites excluding steroid dienone is 2. The van der Waals surface area contributed by atoms with Gasteiger partial charge in [0.05, 0.1) is 10.9 Å². The smallest absolute Gasteiger partial charge is 0.0543 e. The number of nitrogens with one attached hydrogen (secondary N) is 1. The predicted octanol–water partition coefficient (Wildman–Crippen LogP) is 10.3. The third-order valence-electron chi connectivity index (χ3n) is 8.55. The van der Waals surface area contributed by atoms with Gasteiger partial charge in [0.1, 0.15) is 0 Å². The van der Waals surface area contributed by atoms with Crippen LogP contribution in [0.1, 0.15) is 19.4 Å². The van der Waals surface area contributed by atoms with Gasteiger partial charge < -0.3 is 9.88 Å². The Balaban J connectivity index is 1.40. The van der Waals surface area contributed by atoms with Crippen LogP contribution in [-0.2, 0) is 0 Å². The second-order valence-corrected chi connectivity index (χ2v) is 11.5. The van der Waals surface area contributed by atoms with Crippen LogP contribution in [-0.4, -0.2) is 4.57 Å². The number of hydrogen-bond acceptors (Lipinski definition) is 1. The van der Waals surface area contributed by atoms with Crippen molar-refractivity contribution in [3.05, 3.63) is 186 Å². The molecule has 0 amide bonds. The maximum absolute atomic E-state index is 3.75. The van der Waals surface area contributed by atoms with Gasteiger partial charge in [0.25, 0.3) is 0 Å². The quantitative estimate of drug-likeness (QED) is 0.195. The first kappa shape index (κ1) is 28.9. The fraction of sp³-hybridized carbons (Fsp3) is 0.0455. The molecule has 0 bridgehead atoms. The minimum atomic E-state index is 1.06. The van der Waals surface area contributed by atoms with Crippen molar-refractivity contribution < 1.29 is 0 Å². The SMILES string of the molecule is C/C=C/C=c1\c(=C(/C)c2ccccc2Nc2cccc(-c3ccccc3)c2)c2ccccc2n1-c1ccc(-c2ccccc2)cc1. The summed E-state index contributed by atoms with van der Waals surface area (Å²) in [6, 6.07) is 56.0. The summed E-state index contributed by atoms with van der Waals surface area (Å²) in [5, 5.41) is 7.37. The Kier molecular flexibility index (Phi) is 8.17. The molecule has 6 aromatic carbocycles. The highest BCUT2D eigenvalue weighted by Gasteiger charge is 2.14. The van der Waals surface area contributed by atoms with Gasteiger partial charge in [0.2, 0.25) is 0 Å². The Morgan fingerprint density at radius 2 is 1.20 bits per heavy atom. The van der Waals surface area contributed by atoms with Crippen LogP contribution in [0.2, 0.25) is 0 Å². The second kappa shape index (κ2) is 13.0. The van der Waals surface area contributed by atoms with E-state index in [4.69, 9.17) is 0 Å². The van der Waals surface area contributed by atoms with E-state index >= 15 is 0 Å². The average Bonchev–Trinajstić information content (AvgIpc) is 3.45. The fourth-order valence-corrected chi connectivity index (χ4v) is 6.33. The lowest BCUT2D eigenvalue weighted by Crippen LogP contribution is -2.30. The lowest BCUT2D eigenvalue weighted by atomic mass is 10.0. The highest BCUT2D eigenvalue weighted by atomic mass is 15.0. The molecular weight excluding hydrogens is 556 g/mol. The molecule has 2 heteroatoms. The Morgan fingerprint density at radius 1 is 0.587 bits per heavy atom. The van der Waals surface area contributed by atoms with Gasteiger partial charge in [-0.05, 0) is 84.1 Å². The van der Waals surface area contributed by atoms with E-state index in [2.05, 4.69) is 200 Å². The number of fused-ring (bicyclic) bond motifs is 1. The van der Waals surface area contributed by atoms with E-state index in [0.29, 0.717) is 0 Å². The first-order chi connectivity index (χ1) is 22.7. The summed E-state index contributed by atoms with van der Waals surface area (Å²) >= 11 is 0. The van der Waals surface area contributed by atoms with Crippen LogP contribution < -0.4 is 15.9 Å². The number of aromatic nitrogens is 1. The highest BCUT2D eigenvalue weighted by Crippen LogP contribution is 2.29. The van der Waals surface area contributed by atoms with E-state index in [9.17, 15) is 0 Å². The highest BCUT2D eigenvalue weighted by molar-refractivity contribution is 5.89. The molecule has 0 fully saturated rings. The summed E-state index contributed by atoms with van der Waals surface area (Å²) in [7, 11) is 0. The maximum atomic E-state index is 3.75. The zero-order chi connectivity index (χ0) is 31.3. The van der Waals surface area contributed by atoms with Gasteiger partial charge in [0.15, 0.2) is 0 Å². The zero-order valence-electron chi connectivity index (χ0n) is 26.2. The lowest BCUT2D eigenvalue weighted by Gasteiger charge is -2.14. The van der Waals surface area contributed by atoms with Crippen molar-refractivity contribution in [2.75, 3.05) is 5.32 Å². The van der Waals surface area contributed by atoms with Crippen molar-refractivity contribution in [3.8, 4) is 27.9 Å². The third kappa shape index (κ3) is 5.69. The van der Waals surface area contributed by atoms with Crippen LogP contribution in [0.25, 0.3) is 50.5 Å². The van der Waals surface area contributed by atoms with Gasteiger partial charge in [-0.2, -0.15) is 0 Å². The Morgan fingerprint density at radius 3 is 1.93 bits per heavy atom. The van der Waals surface area contributed by atoms with Gasteiger partial charge in [-0.1, -0.05) is 133 Å². The molecule has 222 valence electrons. The van der Waals surface area contributed by atoms with Crippen LogP contribution in [0, 0.1) is 0 Å². The van der Waals surface area contributed by atoms with Crippen LogP contribution >= 0.6 is 0 Å². The van der Waals surface area contributed by atoms with Crippen LogP contribution in [0.3, 0.4) is 0 Å². The van der Waals surface area contributed by atoms with Crippen LogP contribution in [0.5, 0.6) is 0 Å². The largest absolute Gasteiger partial charge is 0.355 e. The summed E-state index contributed by atoms with van der Waals surface area (Å²) in [6.07, 6.45) is 6.47. The number of rotatable bonds is 7. The molecule has 0 spiro atoms. The molecule has 7 rings (SSSR count). The van der Waals surface area contributed by atoms with Gasteiger partial charge in [-0.15, -0.1) is 0 Å². The maximum Gasteiger partial charge on any atom is 0.0543 e. The van der Waals surface area contributed by atoms with Gasteiger partial charge in [0, 0.05) is 33.2 Å². The third-order valence-corrected chi connectivity index (χ3v) is 8.55. The molecule has 0 aliphatic heterocycles. The number of anilines is 2. The Bertz CT molecular complexity index is 2270. The van der Waals surface area contributed by atoms with Crippen molar-refractivity contribution in [3.63, 3.8) is 0 Å². The molecule has 7 aromatic rings. The molecule has 1 aromatic heterocycles. The summed E-state index contributed by atoms with van der Waals surface area (Å²) < 4.78 is 2.39. The Labute approximate surface area is 270 Å². The molecule has 1 heterocycles. The van der Waals surface area contributed by atoms with E-state index in [1.54, 1.807) is 0 Å². The molecule has 2 nitrogen and oxygen atoms in total. The van der Waals surface area contributed by atoms with Crippen LogP contribution in [0.4, 0.5) is 11.4 Å². The van der Waals surface area contributed by atoms with Crippen molar-refractivity contribution in [2.24, 2.45) is 0 Å². The lowest BCUT2D eigenvalue weighted by molar-refractivity contribution is 1.07. The average molecular weight is 593 g/mol. The standard InChI is InChI=1S/C44H36N2/c1-3-4-25-43-44(40-23-12-14-26-42(40)46(43)38-29-27-35(28-30-38)33-16-7-5-8-17-33)32(2)39-22-11-13-24-41(39)45-37-21-15-20-36(31-37)34-18-9-6-10-19-34/h3-31,45H,1-2H3/b4-3+,43-25+,44-32+. The summed E-state index contributed by atoms with van der Waals surface area (Å²) in [6.45, 7) is 4.32. The first-order valence-corrected chi connectivity index (χ1v) is 15.8. The molecule has 0 unspecified atom stereocenters. The van der Waals surface area contributed by atoms with E-state index < -0.39 is 0 Å². The summed E-state index contributed by atoms with van der Waals surface area (Å²) in [4.78, 5) is 0. The molecule has 0 saturated heterocycles. The summed E-state index contributed by atoms with van der Waals surface area (Å²) in [5.74, 6) is 0. The van der Waals surface area contributed by atoms with Crippen molar-refractivity contribution in [2.45, 2.75) is 13.8 Å². The van der Waals surface area contributed by atoms with Gasteiger partial charge >= 0.3 is 0 Å². The van der Waals surface area contributed by atoms with Gasteiger partial charge in [-0.3, -0.25) is 0 Å². The van der Waals surface area contributed by atoms with Crippen molar-refractivity contribution >= 4 is 33.9 Å². The van der Waals surface area contributed by atoms with Crippen molar-refractivity contribution in [1.82, 2.24) is 4.57 Å². The minimum Gasteiger partial charge on any atom is -0.355 e. The number of hydrogen-bond donors (Lipinski definition) is 1. The molecular formula is C44H36N2. The Hall–Kier alpha value is -5.86. The molecule has 0 saturated carbocycles. The van der Waals surface area contributed by atoms with E-state index in [0.717, 1.165) is 22.4 Å². The van der Waals surface area contributed by atoms with Crippen LogP contribution in [0.15, 0.2) is 170 Å². The second-order valence-electron chi connectivity index (χ2n) is 11.5. The molecule has 46 heavy (non-hydrogen) atoms. The van der Waals surface area contributed by atoms with E-state index in [1.807, 2.05) is 0 Å².